The van der Waals surface area contributed by atoms with Crippen molar-refractivity contribution in [3.05, 3.63) is 0 Å². The van der Waals surface area contributed by atoms with E-state index in [1.54, 1.807) is 0 Å². The van der Waals surface area contributed by atoms with Crippen LogP contribution in [-0.2, 0) is 9.47 Å². The zero-order chi connectivity index (χ0) is 12.5. The lowest BCUT2D eigenvalue weighted by Crippen LogP contribution is -2.49. The first kappa shape index (κ1) is 15.5. The number of nitrogens with one attached hydrogen (secondary N) is 2. The second kappa shape index (κ2) is 5.63. The van der Waals surface area contributed by atoms with Gasteiger partial charge < -0.3 is 20.1 Å². The molecular weight excluding hydrogens is 256 g/mol. The molecule has 2 saturated heterocycles. The predicted octanol–water partition coefficient (Wildman–Crippen LogP) is 1.31. The summed E-state index contributed by atoms with van der Waals surface area (Å²) in [5.41, 5.74) is -0.388. The van der Waals surface area contributed by atoms with Crippen molar-refractivity contribution in [2.75, 3.05) is 26.2 Å². The minimum Gasteiger partial charge on any atom is -0.444 e. The van der Waals surface area contributed by atoms with Crippen LogP contribution in [0.2, 0.25) is 0 Å². The van der Waals surface area contributed by atoms with Crippen molar-refractivity contribution in [3.8, 4) is 0 Å². The lowest BCUT2D eigenvalue weighted by molar-refractivity contribution is 0.0495. The molecule has 6 heteroatoms. The van der Waals surface area contributed by atoms with E-state index in [9.17, 15) is 4.79 Å². The molecule has 2 atom stereocenters. The molecule has 0 radical (unpaired) electrons. The van der Waals surface area contributed by atoms with E-state index in [0.717, 1.165) is 26.1 Å². The lowest BCUT2D eigenvalue weighted by Gasteiger charge is -2.31. The second-order valence-corrected chi connectivity index (χ2v) is 6.12. The predicted molar refractivity (Wildman–Crippen MR) is 71.1 cm³/mol. The molecule has 2 aliphatic rings. The summed E-state index contributed by atoms with van der Waals surface area (Å²) in [7, 11) is 0. The summed E-state index contributed by atoms with van der Waals surface area (Å²) in [5.74, 6) is 0. The maximum atomic E-state index is 11.6. The highest BCUT2D eigenvalue weighted by molar-refractivity contribution is 5.85. The van der Waals surface area contributed by atoms with E-state index in [1.807, 2.05) is 20.8 Å². The number of piperidine rings is 1. The summed E-state index contributed by atoms with van der Waals surface area (Å²) >= 11 is 0. The molecule has 2 bridgehead atoms. The van der Waals surface area contributed by atoms with Gasteiger partial charge in [0.1, 0.15) is 5.60 Å². The van der Waals surface area contributed by atoms with Crippen LogP contribution in [-0.4, -0.2) is 44.0 Å². The number of hydrogen-bond acceptors (Lipinski definition) is 4. The number of carbonyl (C=O) groups is 1. The van der Waals surface area contributed by atoms with Crippen LogP contribution in [0.4, 0.5) is 4.79 Å². The molecule has 0 aliphatic carbocycles. The van der Waals surface area contributed by atoms with Crippen LogP contribution in [0.3, 0.4) is 0 Å². The van der Waals surface area contributed by atoms with Gasteiger partial charge >= 0.3 is 6.09 Å². The van der Waals surface area contributed by atoms with E-state index in [-0.39, 0.29) is 23.9 Å². The van der Waals surface area contributed by atoms with Crippen molar-refractivity contribution in [1.29, 1.82) is 0 Å². The molecule has 2 heterocycles. The molecule has 1 amide bonds. The van der Waals surface area contributed by atoms with Gasteiger partial charge in [0.2, 0.25) is 0 Å². The van der Waals surface area contributed by atoms with Crippen molar-refractivity contribution in [2.45, 2.75) is 38.9 Å². The monoisotopic (exact) mass is 278 g/mol. The van der Waals surface area contributed by atoms with Crippen molar-refractivity contribution in [1.82, 2.24) is 10.6 Å². The smallest absolute Gasteiger partial charge is 0.407 e. The summed E-state index contributed by atoms with van der Waals surface area (Å²) in [6.07, 6.45) is 0.987. The molecule has 106 valence electrons. The molecule has 18 heavy (non-hydrogen) atoms. The highest BCUT2D eigenvalue weighted by Gasteiger charge is 2.43. The maximum absolute atomic E-state index is 11.6. The Hall–Kier alpha value is -0.520. The average Bonchev–Trinajstić information content (AvgIpc) is 2.50. The molecule has 2 rings (SSSR count). The molecule has 0 spiro atoms. The van der Waals surface area contributed by atoms with Crippen molar-refractivity contribution < 1.29 is 14.3 Å². The standard InChI is InChI=1S/C12H22N2O3.ClH/c1-11(2,3)17-10(15)14-7-12-4-9(16-8-12)5-13-6-12;/h9,13H,4-8H2,1-3H3,(H,14,15);1H. The minimum absolute atomic E-state index is 0. The molecule has 2 fully saturated rings. The molecule has 2 aliphatic heterocycles. The lowest BCUT2D eigenvalue weighted by atomic mass is 9.83. The van der Waals surface area contributed by atoms with E-state index >= 15 is 0 Å². The second-order valence-electron chi connectivity index (χ2n) is 6.12. The molecule has 0 aromatic heterocycles. The number of halogens is 1. The molecule has 2 N–H and O–H groups in total. The number of hydrogen-bond donors (Lipinski definition) is 2. The highest BCUT2D eigenvalue weighted by atomic mass is 35.5. The van der Waals surface area contributed by atoms with E-state index < -0.39 is 5.60 Å². The molecule has 2 unspecified atom stereocenters. The average molecular weight is 279 g/mol. The Kier molecular flexibility index (Phi) is 4.86. The third kappa shape index (κ3) is 4.00. The number of fused-ring (bicyclic) bond motifs is 2. The summed E-state index contributed by atoms with van der Waals surface area (Å²) in [4.78, 5) is 11.6. The van der Waals surface area contributed by atoms with E-state index in [2.05, 4.69) is 10.6 Å². The Morgan fingerprint density at radius 1 is 1.56 bits per heavy atom. The maximum Gasteiger partial charge on any atom is 0.407 e. The quantitative estimate of drug-likeness (QED) is 0.800. The topological polar surface area (TPSA) is 59.6 Å². The number of ether oxygens (including phenoxy) is 2. The van der Waals surface area contributed by atoms with E-state index in [4.69, 9.17) is 9.47 Å². The van der Waals surface area contributed by atoms with Gasteiger partial charge in [-0.25, -0.2) is 4.79 Å². The Labute approximate surface area is 114 Å². The molecular formula is C12H23ClN2O3. The fourth-order valence-corrected chi connectivity index (χ4v) is 2.41. The van der Waals surface area contributed by atoms with Gasteiger partial charge in [-0.15, -0.1) is 12.4 Å². The number of alkyl carbamates (subject to hydrolysis) is 1. The summed E-state index contributed by atoms with van der Waals surface area (Å²) in [5, 5.41) is 6.19. The molecule has 5 nitrogen and oxygen atoms in total. The zero-order valence-corrected chi connectivity index (χ0v) is 12.1. The van der Waals surface area contributed by atoms with Crippen LogP contribution in [0.25, 0.3) is 0 Å². The normalized spacial score (nSPS) is 30.5. The number of carbonyl (C=O) groups excluding carboxylic acids is 1. The first-order valence-corrected chi connectivity index (χ1v) is 6.18. The fraction of sp³-hybridized carbons (Fsp3) is 0.917. The molecule has 0 saturated carbocycles. The number of rotatable bonds is 2. The van der Waals surface area contributed by atoms with Gasteiger partial charge in [-0.1, -0.05) is 0 Å². The van der Waals surface area contributed by atoms with Gasteiger partial charge in [-0.2, -0.15) is 0 Å². The summed E-state index contributed by atoms with van der Waals surface area (Å²) in [6, 6.07) is 0. The summed E-state index contributed by atoms with van der Waals surface area (Å²) in [6.45, 7) is 8.75. The summed E-state index contributed by atoms with van der Waals surface area (Å²) < 4.78 is 10.9. The van der Waals surface area contributed by atoms with Gasteiger partial charge in [0.05, 0.1) is 12.7 Å². The van der Waals surface area contributed by atoms with Crippen molar-refractivity contribution in [2.24, 2.45) is 5.41 Å². The Bertz CT molecular complexity index is 302. The zero-order valence-electron chi connectivity index (χ0n) is 11.2. The van der Waals surface area contributed by atoms with Crippen LogP contribution >= 0.6 is 12.4 Å². The molecule has 0 aromatic carbocycles. The largest absolute Gasteiger partial charge is 0.444 e. The van der Waals surface area contributed by atoms with Crippen molar-refractivity contribution in [3.63, 3.8) is 0 Å². The number of amides is 1. The fourth-order valence-electron chi connectivity index (χ4n) is 2.41. The van der Waals surface area contributed by atoms with Crippen molar-refractivity contribution >= 4 is 18.5 Å². The molecule has 0 aromatic rings. The van der Waals surface area contributed by atoms with Gasteiger partial charge in [0, 0.05) is 25.0 Å². The highest BCUT2D eigenvalue weighted by Crippen LogP contribution is 2.34. The SMILES string of the molecule is CC(C)(C)OC(=O)NCC12CNCC(C1)OC2.Cl. The van der Waals surface area contributed by atoms with Crippen LogP contribution in [0.15, 0.2) is 0 Å². The van der Waals surface area contributed by atoms with Gasteiger partial charge in [-0.3, -0.25) is 0 Å². The first-order valence-electron chi connectivity index (χ1n) is 6.18. The third-order valence-corrected chi connectivity index (χ3v) is 3.16. The Morgan fingerprint density at radius 3 is 2.94 bits per heavy atom. The van der Waals surface area contributed by atoms with Crippen LogP contribution in [0.1, 0.15) is 27.2 Å². The van der Waals surface area contributed by atoms with Gasteiger partial charge in [-0.05, 0) is 27.2 Å². The van der Waals surface area contributed by atoms with Crippen LogP contribution < -0.4 is 10.6 Å². The Balaban J connectivity index is 0.00000162. The minimum atomic E-state index is -0.443. The Morgan fingerprint density at radius 2 is 2.28 bits per heavy atom. The van der Waals surface area contributed by atoms with Gasteiger partial charge in [0.25, 0.3) is 0 Å². The van der Waals surface area contributed by atoms with Crippen LogP contribution in [0, 0.1) is 5.41 Å². The first-order chi connectivity index (χ1) is 7.89. The van der Waals surface area contributed by atoms with Crippen LogP contribution in [0.5, 0.6) is 0 Å². The van der Waals surface area contributed by atoms with E-state index in [1.165, 1.54) is 0 Å². The van der Waals surface area contributed by atoms with E-state index in [0.29, 0.717) is 12.6 Å². The van der Waals surface area contributed by atoms with Gasteiger partial charge in [0.15, 0.2) is 0 Å². The third-order valence-electron chi connectivity index (χ3n) is 3.16.